The molecule has 82 valence electrons. The maximum absolute atomic E-state index is 6.08. The molecule has 0 amide bonds. The van der Waals surface area contributed by atoms with Crippen molar-refractivity contribution in [1.29, 1.82) is 0 Å². The van der Waals surface area contributed by atoms with Gasteiger partial charge >= 0.3 is 0 Å². The number of alkyl halides is 1. The molecule has 2 rings (SSSR count). The third-order valence-corrected chi connectivity index (χ3v) is 3.31. The Hall–Kier alpha value is -0.210. The van der Waals surface area contributed by atoms with E-state index in [1.807, 2.05) is 12.1 Å². The molecular formula is C12H14BrClO. The molecule has 1 atom stereocenters. The molecule has 1 aliphatic heterocycles. The minimum atomic E-state index is 0.536. The lowest BCUT2D eigenvalue weighted by Gasteiger charge is -2.09. The van der Waals surface area contributed by atoms with Gasteiger partial charge in [-0.2, -0.15) is 0 Å². The van der Waals surface area contributed by atoms with Crippen molar-refractivity contribution in [2.75, 3.05) is 6.61 Å². The van der Waals surface area contributed by atoms with Crippen LogP contribution in [0.3, 0.4) is 0 Å². The third kappa shape index (κ3) is 2.67. The van der Waals surface area contributed by atoms with Gasteiger partial charge in [0.25, 0.3) is 0 Å². The van der Waals surface area contributed by atoms with Crippen LogP contribution >= 0.6 is 27.5 Å². The van der Waals surface area contributed by atoms with Gasteiger partial charge in [0, 0.05) is 16.3 Å². The van der Waals surface area contributed by atoms with Gasteiger partial charge in [-0.3, -0.25) is 0 Å². The summed E-state index contributed by atoms with van der Waals surface area (Å²) < 4.78 is 5.64. The van der Waals surface area contributed by atoms with Crippen LogP contribution in [0.5, 0.6) is 5.75 Å². The number of aryl methyl sites for hydroxylation is 1. The Morgan fingerprint density at radius 3 is 3.07 bits per heavy atom. The molecule has 0 bridgehead atoms. The van der Waals surface area contributed by atoms with E-state index in [1.54, 1.807) is 0 Å². The molecule has 0 radical (unpaired) electrons. The lowest BCUT2D eigenvalue weighted by atomic mass is 10.0. The van der Waals surface area contributed by atoms with E-state index >= 15 is 0 Å². The van der Waals surface area contributed by atoms with E-state index in [1.165, 1.54) is 11.1 Å². The summed E-state index contributed by atoms with van der Waals surface area (Å²) in [6.07, 6.45) is 3.12. The molecule has 3 heteroatoms. The lowest BCUT2D eigenvalue weighted by Crippen LogP contribution is -1.97. The van der Waals surface area contributed by atoms with Crippen LogP contribution in [0, 0.1) is 0 Å². The van der Waals surface area contributed by atoms with E-state index in [2.05, 4.69) is 22.9 Å². The Bertz CT molecular complexity index is 363. The highest BCUT2D eigenvalue weighted by molar-refractivity contribution is 9.09. The molecule has 1 aromatic carbocycles. The topological polar surface area (TPSA) is 9.23 Å². The predicted molar refractivity (Wildman–Crippen MR) is 67.4 cm³/mol. The molecule has 1 nitrogen and oxygen atoms in total. The summed E-state index contributed by atoms with van der Waals surface area (Å²) in [4.78, 5) is 0.536. The summed E-state index contributed by atoms with van der Waals surface area (Å²) in [6, 6.07) is 4.05. The molecule has 0 N–H and O–H groups in total. The third-order valence-electron chi connectivity index (χ3n) is 2.64. The highest BCUT2D eigenvalue weighted by Crippen LogP contribution is 2.33. The Labute approximate surface area is 104 Å². The number of rotatable bonds is 3. The van der Waals surface area contributed by atoms with Gasteiger partial charge in [-0.15, -0.1) is 0 Å². The van der Waals surface area contributed by atoms with Crippen molar-refractivity contribution in [1.82, 2.24) is 0 Å². The first kappa shape index (κ1) is 11.3. The Kier molecular flexibility index (Phi) is 3.57. The molecular weight excluding hydrogens is 275 g/mol. The molecule has 0 saturated heterocycles. The smallest absolute Gasteiger partial charge is 0.125 e. The minimum Gasteiger partial charge on any atom is -0.493 e. The molecule has 1 heterocycles. The number of hydrogen-bond acceptors (Lipinski definition) is 1. The first-order valence-electron chi connectivity index (χ1n) is 5.25. The summed E-state index contributed by atoms with van der Waals surface area (Å²) in [5.41, 5.74) is 2.51. The maximum atomic E-state index is 6.08. The summed E-state index contributed by atoms with van der Waals surface area (Å²) in [6.45, 7) is 2.96. The van der Waals surface area contributed by atoms with Gasteiger partial charge in [0.1, 0.15) is 5.75 Å². The monoisotopic (exact) mass is 288 g/mol. The van der Waals surface area contributed by atoms with Gasteiger partial charge in [-0.05, 0) is 36.1 Å². The average molecular weight is 290 g/mol. The summed E-state index contributed by atoms with van der Waals surface area (Å²) in [5, 5.41) is 0.830. The molecule has 0 saturated carbocycles. The van der Waals surface area contributed by atoms with Crippen molar-refractivity contribution in [3.63, 3.8) is 0 Å². The van der Waals surface area contributed by atoms with Crippen LogP contribution in [0.2, 0.25) is 5.02 Å². The quantitative estimate of drug-likeness (QED) is 0.765. The SMILES string of the molecule is CC(Br)CCc1cc(Cl)cc2c1OCC2. The summed E-state index contributed by atoms with van der Waals surface area (Å²) in [7, 11) is 0. The standard InChI is InChI=1S/C12H14BrClO/c1-8(13)2-3-9-6-11(14)7-10-4-5-15-12(9)10/h6-8H,2-5H2,1H3. The van der Waals surface area contributed by atoms with Crippen molar-refractivity contribution in [2.24, 2.45) is 0 Å². The fraction of sp³-hybridized carbons (Fsp3) is 0.500. The van der Waals surface area contributed by atoms with Crippen LogP contribution < -0.4 is 4.74 Å². The van der Waals surface area contributed by atoms with E-state index in [0.29, 0.717) is 4.83 Å². The first-order valence-corrected chi connectivity index (χ1v) is 6.54. The molecule has 0 aliphatic carbocycles. The van der Waals surface area contributed by atoms with Gasteiger partial charge in [0.2, 0.25) is 0 Å². The van der Waals surface area contributed by atoms with Gasteiger partial charge in [-0.25, -0.2) is 0 Å². The fourth-order valence-electron chi connectivity index (χ4n) is 1.89. The number of fused-ring (bicyclic) bond motifs is 1. The summed E-state index contributed by atoms with van der Waals surface area (Å²) >= 11 is 9.63. The second kappa shape index (κ2) is 4.75. The number of halogens is 2. The normalized spacial score (nSPS) is 15.9. The Morgan fingerprint density at radius 2 is 2.33 bits per heavy atom. The van der Waals surface area contributed by atoms with Crippen molar-refractivity contribution in [3.8, 4) is 5.75 Å². The molecule has 0 aromatic heterocycles. The molecule has 15 heavy (non-hydrogen) atoms. The Balaban J connectivity index is 2.22. The van der Waals surface area contributed by atoms with Crippen LogP contribution in [-0.2, 0) is 12.8 Å². The molecule has 1 unspecified atom stereocenters. The van der Waals surface area contributed by atoms with Crippen molar-refractivity contribution >= 4 is 27.5 Å². The highest BCUT2D eigenvalue weighted by atomic mass is 79.9. The zero-order valence-corrected chi connectivity index (χ0v) is 11.1. The Morgan fingerprint density at radius 1 is 1.53 bits per heavy atom. The minimum absolute atomic E-state index is 0.536. The predicted octanol–water partition coefficient (Wildman–Crippen LogP) is 3.99. The van der Waals surface area contributed by atoms with Crippen LogP contribution in [0.4, 0.5) is 0 Å². The number of ether oxygens (including phenoxy) is 1. The van der Waals surface area contributed by atoms with Crippen LogP contribution in [0.15, 0.2) is 12.1 Å². The van der Waals surface area contributed by atoms with E-state index in [0.717, 1.165) is 36.6 Å². The molecule has 1 aliphatic rings. The van der Waals surface area contributed by atoms with Gasteiger partial charge in [0.15, 0.2) is 0 Å². The maximum Gasteiger partial charge on any atom is 0.125 e. The van der Waals surface area contributed by atoms with E-state index in [-0.39, 0.29) is 0 Å². The first-order chi connectivity index (χ1) is 7.16. The van der Waals surface area contributed by atoms with Crippen molar-refractivity contribution in [3.05, 3.63) is 28.3 Å². The van der Waals surface area contributed by atoms with Crippen LogP contribution in [0.1, 0.15) is 24.5 Å². The lowest BCUT2D eigenvalue weighted by molar-refractivity contribution is 0.353. The van der Waals surface area contributed by atoms with Crippen LogP contribution in [0.25, 0.3) is 0 Å². The van der Waals surface area contributed by atoms with Crippen LogP contribution in [-0.4, -0.2) is 11.4 Å². The van der Waals surface area contributed by atoms with Crippen molar-refractivity contribution in [2.45, 2.75) is 31.0 Å². The highest BCUT2D eigenvalue weighted by Gasteiger charge is 2.17. The second-order valence-corrected chi connectivity index (χ2v) is 5.97. The zero-order valence-electron chi connectivity index (χ0n) is 8.72. The van der Waals surface area contributed by atoms with Gasteiger partial charge < -0.3 is 4.74 Å². The van der Waals surface area contributed by atoms with Gasteiger partial charge in [0.05, 0.1) is 6.61 Å². The van der Waals surface area contributed by atoms with Gasteiger partial charge in [-0.1, -0.05) is 34.5 Å². The average Bonchev–Trinajstić information content (AvgIpc) is 2.61. The van der Waals surface area contributed by atoms with E-state index < -0.39 is 0 Å². The van der Waals surface area contributed by atoms with E-state index in [4.69, 9.17) is 16.3 Å². The number of benzene rings is 1. The molecule has 0 spiro atoms. The largest absolute Gasteiger partial charge is 0.493 e. The molecule has 0 fully saturated rings. The van der Waals surface area contributed by atoms with Crippen molar-refractivity contribution < 1.29 is 4.74 Å². The zero-order chi connectivity index (χ0) is 10.8. The fourth-order valence-corrected chi connectivity index (χ4v) is 2.38. The molecule has 1 aromatic rings. The number of hydrogen-bond donors (Lipinski definition) is 0. The van der Waals surface area contributed by atoms with E-state index in [9.17, 15) is 0 Å². The summed E-state index contributed by atoms with van der Waals surface area (Å²) in [5.74, 6) is 1.08. The second-order valence-electron chi connectivity index (χ2n) is 3.97.